The molecule has 2 rings (SSSR count). The van der Waals surface area contributed by atoms with Crippen LogP contribution in [0.2, 0.25) is 0 Å². The molecular formula is C17H19N3O5. The number of amides is 2. The Balaban J connectivity index is 1.87. The van der Waals surface area contributed by atoms with E-state index in [4.69, 9.17) is 13.9 Å². The molecule has 0 saturated carbocycles. The number of carbonyl (C=O) groups excluding carboxylic acids is 2. The average molecular weight is 345 g/mol. The molecule has 0 aliphatic heterocycles. The van der Waals surface area contributed by atoms with E-state index >= 15 is 0 Å². The van der Waals surface area contributed by atoms with Crippen molar-refractivity contribution >= 4 is 18.0 Å². The summed E-state index contributed by atoms with van der Waals surface area (Å²) in [7, 11) is 2.97. The Bertz CT molecular complexity index is 782. The van der Waals surface area contributed by atoms with Gasteiger partial charge in [0.25, 0.3) is 11.8 Å². The molecule has 1 aromatic heterocycles. The van der Waals surface area contributed by atoms with Crippen molar-refractivity contribution in [2.45, 2.75) is 6.92 Å². The van der Waals surface area contributed by atoms with Gasteiger partial charge in [-0.25, -0.2) is 5.43 Å². The second kappa shape index (κ2) is 8.53. The van der Waals surface area contributed by atoms with E-state index in [1.54, 1.807) is 37.3 Å². The monoisotopic (exact) mass is 345 g/mol. The van der Waals surface area contributed by atoms with Crippen LogP contribution in [0.1, 0.15) is 21.9 Å². The van der Waals surface area contributed by atoms with E-state index in [9.17, 15) is 9.59 Å². The summed E-state index contributed by atoms with van der Waals surface area (Å²) < 4.78 is 15.5. The van der Waals surface area contributed by atoms with Crippen molar-refractivity contribution in [1.29, 1.82) is 0 Å². The van der Waals surface area contributed by atoms with E-state index in [2.05, 4.69) is 15.8 Å². The molecule has 8 nitrogen and oxygen atoms in total. The van der Waals surface area contributed by atoms with Crippen LogP contribution in [-0.2, 0) is 4.79 Å². The first-order valence-corrected chi connectivity index (χ1v) is 7.42. The lowest BCUT2D eigenvalue weighted by Crippen LogP contribution is -2.35. The Morgan fingerprint density at radius 3 is 2.64 bits per heavy atom. The summed E-state index contributed by atoms with van der Waals surface area (Å²) in [6.07, 6.45) is 1.37. The number of nitrogens with zero attached hydrogens (tertiary/aromatic N) is 1. The molecule has 8 heteroatoms. The van der Waals surface area contributed by atoms with Crippen LogP contribution < -0.4 is 20.2 Å². The maximum atomic E-state index is 12.2. The van der Waals surface area contributed by atoms with E-state index in [0.717, 1.165) is 5.76 Å². The molecule has 132 valence electrons. The van der Waals surface area contributed by atoms with Crippen LogP contribution in [0.5, 0.6) is 11.5 Å². The van der Waals surface area contributed by atoms with Gasteiger partial charge in [0.1, 0.15) is 23.0 Å². The standard InChI is InChI=1S/C17H19N3O5/c1-11-4-5-13(25-11)9-19-20-16(21)10-18-17(22)14-7-6-12(23-2)8-15(14)24-3/h4-9H,10H2,1-3H3,(H,18,22)(H,20,21)/b19-9+. The Morgan fingerprint density at radius 2 is 2.00 bits per heavy atom. The van der Waals surface area contributed by atoms with Gasteiger partial charge in [0.15, 0.2) is 0 Å². The zero-order valence-electron chi connectivity index (χ0n) is 14.2. The number of ether oxygens (including phenoxy) is 2. The Kier molecular flexibility index (Phi) is 6.16. The number of nitrogens with one attached hydrogen (secondary N) is 2. The van der Waals surface area contributed by atoms with Gasteiger partial charge in [0, 0.05) is 6.07 Å². The highest BCUT2D eigenvalue weighted by Crippen LogP contribution is 2.24. The van der Waals surface area contributed by atoms with Crippen molar-refractivity contribution in [2.75, 3.05) is 20.8 Å². The van der Waals surface area contributed by atoms with Crippen LogP contribution in [0.15, 0.2) is 39.9 Å². The van der Waals surface area contributed by atoms with Gasteiger partial charge in [-0.1, -0.05) is 0 Å². The highest BCUT2D eigenvalue weighted by atomic mass is 16.5. The van der Waals surface area contributed by atoms with Gasteiger partial charge in [0.2, 0.25) is 0 Å². The molecule has 0 fully saturated rings. The molecule has 0 saturated heterocycles. The van der Waals surface area contributed by atoms with Crippen LogP contribution in [-0.4, -0.2) is 38.8 Å². The summed E-state index contributed by atoms with van der Waals surface area (Å²) in [5, 5.41) is 6.25. The fourth-order valence-electron chi connectivity index (χ4n) is 1.97. The van der Waals surface area contributed by atoms with Crippen molar-refractivity contribution in [3.63, 3.8) is 0 Å². The first-order chi connectivity index (χ1) is 12.0. The SMILES string of the molecule is COc1ccc(C(=O)NCC(=O)N/N=C/c2ccc(C)o2)c(OC)c1. The number of rotatable bonds is 7. The lowest BCUT2D eigenvalue weighted by Gasteiger charge is -2.10. The first kappa shape index (κ1) is 18.1. The molecule has 2 N–H and O–H groups in total. The van der Waals surface area contributed by atoms with Gasteiger partial charge in [0.05, 0.1) is 32.5 Å². The zero-order chi connectivity index (χ0) is 18.2. The van der Waals surface area contributed by atoms with E-state index in [-0.39, 0.29) is 6.54 Å². The summed E-state index contributed by atoms with van der Waals surface area (Å²) in [5.74, 6) is 1.26. The largest absolute Gasteiger partial charge is 0.497 e. The minimum Gasteiger partial charge on any atom is -0.497 e. The van der Waals surface area contributed by atoms with E-state index in [1.165, 1.54) is 20.4 Å². The second-order valence-corrected chi connectivity index (χ2v) is 4.99. The number of benzene rings is 1. The maximum absolute atomic E-state index is 12.2. The van der Waals surface area contributed by atoms with Crippen molar-refractivity contribution in [2.24, 2.45) is 5.10 Å². The molecular weight excluding hydrogens is 326 g/mol. The number of aryl methyl sites for hydroxylation is 1. The van der Waals surface area contributed by atoms with Crippen molar-refractivity contribution in [3.8, 4) is 11.5 Å². The Morgan fingerprint density at radius 1 is 1.20 bits per heavy atom. The summed E-state index contributed by atoms with van der Waals surface area (Å²) in [6.45, 7) is 1.57. The van der Waals surface area contributed by atoms with Crippen molar-refractivity contribution < 1.29 is 23.5 Å². The van der Waals surface area contributed by atoms with Crippen LogP contribution in [0.4, 0.5) is 0 Å². The normalized spacial score (nSPS) is 10.5. The number of hydrogen-bond acceptors (Lipinski definition) is 6. The van der Waals surface area contributed by atoms with E-state index in [0.29, 0.717) is 22.8 Å². The molecule has 1 heterocycles. The minimum atomic E-state index is -0.472. The van der Waals surface area contributed by atoms with Gasteiger partial charge >= 0.3 is 0 Å². The fraction of sp³-hybridized carbons (Fsp3) is 0.235. The number of furan rings is 1. The molecule has 0 spiro atoms. The van der Waals surface area contributed by atoms with Gasteiger partial charge in [-0.15, -0.1) is 0 Å². The molecule has 0 aliphatic rings. The van der Waals surface area contributed by atoms with Crippen LogP contribution in [0, 0.1) is 6.92 Å². The van der Waals surface area contributed by atoms with Crippen LogP contribution in [0.3, 0.4) is 0 Å². The van der Waals surface area contributed by atoms with Crippen LogP contribution in [0.25, 0.3) is 0 Å². The van der Waals surface area contributed by atoms with Gasteiger partial charge < -0.3 is 19.2 Å². The van der Waals surface area contributed by atoms with Gasteiger partial charge in [-0.3, -0.25) is 9.59 Å². The highest BCUT2D eigenvalue weighted by Gasteiger charge is 2.14. The minimum absolute atomic E-state index is 0.234. The Hall–Kier alpha value is -3.29. The molecule has 1 aromatic carbocycles. The molecule has 0 aliphatic carbocycles. The molecule has 0 atom stereocenters. The molecule has 2 aromatic rings. The summed E-state index contributed by atoms with van der Waals surface area (Å²) in [6, 6.07) is 8.29. The average Bonchev–Trinajstić information content (AvgIpc) is 3.04. The Labute approximate surface area is 144 Å². The third-order valence-corrected chi connectivity index (χ3v) is 3.21. The third kappa shape index (κ3) is 5.10. The number of carbonyl (C=O) groups is 2. The number of methoxy groups -OCH3 is 2. The van der Waals surface area contributed by atoms with E-state index in [1.807, 2.05) is 0 Å². The molecule has 0 unspecified atom stereocenters. The number of hydrogen-bond donors (Lipinski definition) is 2. The van der Waals surface area contributed by atoms with Crippen molar-refractivity contribution in [3.05, 3.63) is 47.4 Å². The fourth-order valence-corrected chi connectivity index (χ4v) is 1.97. The zero-order valence-corrected chi connectivity index (χ0v) is 14.2. The maximum Gasteiger partial charge on any atom is 0.259 e. The number of hydrazone groups is 1. The third-order valence-electron chi connectivity index (χ3n) is 3.21. The summed E-state index contributed by atoms with van der Waals surface area (Å²) >= 11 is 0. The second-order valence-electron chi connectivity index (χ2n) is 4.99. The molecule has 0 radical (unpaired) electrons. The first-order valence-electron chi connectivity index (χ1n) is 7.42. The summed E-state index contributed by atoms with van der Waals surface area (Å²) in [5.41, 5.74) is 2.60. The van der Waals surface area contributed by atoms with Crippen molar-refractivity contribution in [1.82, 2.24) is 10.7 Å². The molecule has 0 bridgehead atoms. The smallest absolute Gasteiger partial charge is 0.259 e. The van der Waals surface area contributed by atoms with Gasteiger partial charge in [-0.2, -0.15) is 5.10 Å². The predicted molar refractivity (Wildman–Crippen MR) is 91.1 cm³/mol. The predicted octanol–water partition coefficient (Wildman–Crippen LogP) is 1.49. The molecule has 2 amide bonds. The topological polar surface area (TPSA) is 102 Å². The van der Waals surface area contributed by atoms with Gasteiger partial charge in [-0.05, 0) is 31.2 Å². The quantitative estimate of drug-likeness (QED) is 0.585. The molecule has 25 heavy (non-hydrogen) atoms. The highest BCUT2D eigenvalue weighted by molar-refractivity contribution is 5.99. The van der Waals surface area contributed by atoms with Crippen LogP contribution >= 0.6 is 0 Å². The lowest BCUT2D eigenvalue weighted by atomic mass is 10.1. The summed E-state index contributed by atoms with van der Waals surface area (Å²) in [4.78, 5) is 23.9. The van der Waals surface area contributed by atoms with E-state index < -0.39 is 11.8 Å². The lowest BCUT2D eigenvalue weighted by molar-refractivity contribution is -0.120.